The molecular formula is C24H33N5O3. The molecule has 0 saturated carbocycles. The number of carbonyl (C=O) groups excluding carboxylic acids is 1. The topological polar surface area (TPSA) is 90.9 Å². The van der Waals surface area contributed by atoms with Crippen molar-refractivity contribution in [1.82, 2.24) is 24.0 Å². The summed E-state index contributed by atoms with van der Waals surface area (Å²) in [4.78, 5) is 43.4. The molecule has 0 aliphatic rings. The van der Waals surface area contributed by atoms with E-state index in [1.807, 2.05) is 44.2 Å². The Balaban J connectivity index is 1.88. The van der Waals surface area contributed by atoms with Crippen LogP contribution in [-0.4, -0.2) is 31.1 Å². The van der Waals surface area contributed by atoms with Crippen LogP contribution in [0.4, 0.5) is 0 Å². The van der Waals surface area contributed by atoms with Crippen molar-refractivity contribution >= 4 is 17.1 Å². The summed E-state index contributed by atoms with van der Waals surface area (Å²) < 4.78 is 4.38. The highest BCUT2D eigenvalue weighted by Crippen LogP contribution is 2.13. The van der Waals surface area contributed by atoms with E-state index in [0.717, 1.165) is 35.8 Å². The van der Waals surface area contributed by atoms with Crippen LogP contribution in [0.1, 0.15) is 57.9 Å². The Hall–Kier alpha value is -3.16. The summed E-state index contributed by atoms with van der Waals surface area (Å²) in [6.07, 6.45) is 5.19. The van der Waals surface area contributed by atoms with E-state index in [9.17, 15) is 14.4 Å². The van der Waals surface area contributed by atoms with Gasteiger partial charge in [0, 0.05) is 19.6 Å². The molecule has 1 unspecified atom stereocenters. The Morgan fingerprint density at radius 2 is 1.72 bits per heavy atom. The fraction of sp³-hybridized carbons (Fsp3) is 0.500. The van der Waals surface area contributed by atoms with E-state index in [0.29, 0.717) is 30.8 Å². The highest BCUT2D eigenvalue weighted by atomic mass is 16.2. The Morgan fingerprint density at radius 3 is 2.41 bits per heavy atom. The minimum absolute atomic E-state index is 0.121. The number of aromatic nitrogens is 4. The third-order valence-corrected chi connectivity index (χ3v) is 5.75. The van der Waals surface area contributed by atoms with Crippen LogP contribution >= 0.6 is 0 Å². The second-order valence-corrected chi connectivity index (χ2v) is 8.26. The van der Waals surface area contributed by atoms with Gasteiger partial charge in [-0.05, 0) is 24.3 Å². The Morgan fingerprint density at radius 1 is 1.03 bits per heavy atom. The lowest BCUT2D eigenvalue weighted by Crippen LogP contribution is -2.44. The number of hydrogen-bond donors (Lipinski definition) is 1. The molecule has 0 radical (unpaired) electrons. The highest BCUT2D eigenvalue weighted by Gasteiger charge is 2.19. The van der Waals surface area contributed by atoms with Gasteiger partial charge in [-0.2, -0.15) is 0 Å². The van der Waals surface area contributed by atoms with Gasteiger partial charge in [0.05, 0.1) is 6.33 Å². The van der Waals surface area contributed by atoms with E-state index in [-0.39, 0.29) is 18.4 Å². The molecule has 32 heavy (non-hydrogen) atoms. The van der Waals surface area contributed by atoms with Crippen LogP contribution in [0.5, 0.6) is 0 Å². The van der Waals surface area contributed by atoms with Crippen LogP contribution in [0, 0.1) is 0 Å². The fourth-order valence-electron chi connectivity index (χ4n) is 3.76. The average Bonchev–Trinajstić information content (AvgIpc) is 3.23. The van der Waals surface area contributed by atoms with E-state index in [2.05, 4.69) is 17.2 Å². The summed E-state index contributed by atoms with van der Waals surface area (Å²) in [5, 5.41) is 2.87. The zero-order chi connectivity index (χ0) is 23.1. The van der Waals surface area contributed by atoms with Crippen LogP contribution in [0.3, 0.4) is 0 Å². The molecule has 2 aromatic heterocycles. The number of hydrogen-bond acceptors (Lipinski definition) is 4. The summed E-state index contributed by atoms with van der Waals surface area (Å²) in [6, 6.07) is 9.90. The molecule has 0 aliphatic heterocycles. The Bertz CT molecular complexity index is 1160. The van der Waals surface area contributed by atoms with Gasteiger partial charge >= 0.3 is 5.69 Å². The molecule has 2 heterocycles. The maximum Gasteiger partial charge on any atom is 0.333 e. The molecule has 1 aromatic carbocycles. The molecule has 8 heteroatoms. The van der Waals surface area contributed by atoms with Crippen molar-refractivity contribution < 1.29 is 4.79 Å². The molecule has 1 N–H and O–H groups in total. The predicted octanol–water partition coefficient (Wildman–Crippen LogP) is 2.88. The molecule has 3 rings (SSSR count). The number of unbranched alkanes of at least 4 members (excludes halogenated alkanes) is 2. The van der Waals surface area contributed by atoms with E-state index >= 15 is 0 Å². The maximum absolute atomic E-state index is 13.2. The third kappa shape index (κ3) is 5.18. The molecule has 0 spiro atoms. The minimum atomic E-state index is -0.483. The fourth-order valence-corrected chi connectivity index (χ4v) is 3.76. The van der Waals surface area contributed by atoms with Crippen molar-refractivity contribution in [2.75, 3.05) is 6.54 Å². The van der Waals surface area contributed by atoms with Crippen LogP contribution in [0.15, 0.2) is 46.2 Å². The molecule has 0 bridgehead atoms. The molecule has 172 valence electrons. The quantitative estimate of drug-likeness (QED) is 0.497. The molecule has 3 aromatic rings. The van der Waals surface area contributed by atoms with Crippen molar-refractivity contribution in [2.24, 2.45) is 0 Å². The van der Waals surface area contributed by atoms with E-state index in [4.69, 9.17) is 0 Å². The van der Waals surface area contributed by atoms with Crippen molar-refractivity contribution in [3.8, 4) is 0 Å². The summed E-state index contributed by atoms with van der Waals surface area (Å²) in [7, 11) is 0. The van der Waals surface area contributed by atoms with E-state index in [1.165, 1.54) is 4.57 Å². The van der Waals surface area contributed by atoms with E-state index < -0.39 is 11.2 Å². The third-order valence-electron chi connectivity index (χ3n) is 5.75. The number of carbonyl (C=O) groups is 1. The van der Waals surface area contributed by atoms with Crippen LogP contribution in [-0.2, 0) is 24.4 Å². The Kier molecular flexibility index (Phi) is 8.03. The predicted molar refractivity (Wildman–Crippen MR) is 126 cm³/mol. The molecule has 1 amide bonds. The van der Waals surface area contributed by atoms with Crippen molar-refractivity contribution in [3.63, 3.8) is 0 Å². The summed E-state index contributed by atoms with van der Waals surface area (Å²) in [5.74, 6) is -0.232. The maximum atomic E-state index is 13.2. The SMILES string of the molecule is CCCCn1cnc2c1c(=O)n(CC(=O)NCC(C)c1ccccc1)c(=O)n2CCCC. The number of nitrogens with one attached hydrogen (secondary N) is 1. The zero-order valence-corrected chi connectivity index (χ0v) is 19.2. The zero-order valence-electron chi connectivity index (χ0n) is 19.2. The number of fused-ring (bicyclic) bond motifs is 1. The molecule has 8 nitrogen and oxygen atoms in total. The first-order chi connectivity index (χ1) is 15.5. The smallest absolute Gasteiger partial charge is 0.333 e. The number of imidazole rings is 1. The summed E-state index contributed by atoms with van der Waals surface area (Å²) in [5.41, 5.74) is 0.965. The normalized spacial score (nSPS) is 12.2. The molecule has 0 fully saturated rings. The minimum Gasteiger partial charge on any atom is -0.354 e. The lowest BCUT2D eigenvalue weighted by Gasteiger charge is -2.15. The summed E-state index contributed by atoms with van der Waals surface area (Å²) in [6.45, 7) is 7.38. The van der Waals surface area contributed by atoms with Crippen molar-refractivity contribution in [3.05, 3.63) is 63.1 Å². The van der Waals surface area contributed by atoms with Gasteiger partial charge in [0.25, 0.3) is 5.56 Å². The van der Waals surface area contributed by atoms with Gasteiger partial charge in [-0.25, -0.2) is 14.3 Å². The summed E-state index contributed by atoms with van der Waals surface area (Å²) >= 11 is 0. The lowest BCUT2D eigenvalue weighted by atomic mass is 10.0. The lowest BCUT2D eigenvalue weighted by molar-refractivity contribution is -0.121. The van der Waals surface area contributed by atoms with Crippen molar-refractivity contribution in [1.29, 1.82) is 0 Å². The van der Waals surface area contributed by atoms with Crippen LogP contribution in [0.2, 0.25) is 0 Å². The van der Waals surface area contributed by atoms with Gasteiger partial charge in [-0.15, -0.1) is 0 Å². The van der Waals surface area contributed by atoms with Crippen molar-refractivity contribution in [2.45, 2.75) is 72.0 Å². The standard InChI is InChI=1S/C24H33N5O3/c1-4-6-13-27-17-26-22-21(27)23(31)29(24(32)28(22)14-7-5-2)16-20(30)25-15-18(3)19-11-9-8-10-12-19/h8-12,17-18H,4-7,13-16H2,1-3H3,(H,25,30). The van der Waals surface area contributed by atoms with Crippen LogP contribution < -0.4 is 16.6 Å². The Labute approximate surface area is 187 Å². The van der Waals surface area contributed by atoms with Crippen LogP contribution in [0.25, 0.3) is 11.2 Å². The first kappa shape index (κ1) is 23.5. The highest BCUT2D eigenvalue weighted by molar-refractivity contribution is 5.76. The first-order valence-corrected chi connectivity index (χ1v) is 11.5. The van der Waals surface area contributed by atoms with Gasteiger partial charge in [-0.3, -0.25) is 14.2 Å². The number of benzene rings is 1. The second-order valence-electron chi connectivity index (χ2n) is 8.26. The monoisotopic (exact) mass is 439 g/mol. The van der Waals surface area contributed by atoms with Gasteiger partial charge < -0.3 is 9.88 Å². The van der Waals surface area contributed by atoms with Gasteiger partial charge in [0.15, 0.2) is 11.2 Å². The molecule has 0 aliphatic carbocycles. The van der Waals surface area contributed by atoms with Gasteiger partial charge in [0.1, 0.15) is 6.54 Å². The van der Waals surface area contributed by atoms with E-state index in [1.54, 1.807) is 10.9 Å². The average molecular weight is 440 g/mol. The molecular weight excluding hydrogens is 406 g/mol. The number of rotatable bonds is 11. The second kappa shape index (κ2) is 10.9. The number of aryl methyl sites for hydroxylation is 2. The number of amides is 1. The molecule has 0 saturated heterocycles. The first-order valence-electron chi connectivity index (χ1n) is 11.5. The van der Waals surface area contributed by atoms with Gasteiger partial charge in [0.2, 0.25) is 5.91 Å². The van der Waals surface area contributed by atoms with Gasteiger partial charge in [-0.1, -0.05) is 63.9 Å². The largest absolute Gasteiger partial charge is 0.354 e. The number of nitrogens with zero attached hydrogens (tertiary/aromatic N) is 4. The molecule has 1 atom stereocenters.